The summed E-state index contributed by atoms with van der Waals surface area (Å²) < 4.78 is 54.1. The van der Waals surface area contributed by atoms with Crippen LogP contribution in [-0.2, 0) is 6.42 Å². The summed E-state index contributed by atoms with van der Waals surface area (Å²) in [6, 6.07) is 10.7. The van der Waals surface area contributed by atoms with Crippen molar-refractivity contribution < 1.29 is 17.6 Å². The van der Waals surface area contributed by atoms with Crippen LogP contribution in [0.25, 0.3) is 11.1 Å². The van der Waals surface area contributed by atoms with Crippen molar-refractivity contribution in [2.45, 2.75) is 57.8 Å². The first kappa shape index (κ1) is 18.9. The number of benzene rings is 2. The van der Waals surface area contributed by atoms with E-state index >= 15 is 0 Å². The van der Waals surface area contributed by atoms with Gasteiger partial charge in [-0.2, -0.15) is 0 Å². The fourth-order valence-corrected chi connectivity index (χ4v) is 3.91. The van der Waals surface area contributed by atoms with Crippen molar-refractivity contribution >= 4 is 0 Å². The van der Waals surface area contributed by atoms with E-state index in [2.05, 4.69) is 0 Å². The van der Waals surface area contributed by atoms with Crippen molar-refractivity contribution in [3.8, 4) is 11.1 Å². The van der Waals surface area contributed by atoms with E-state index in [1.165, 1.54) is 0 Å². The number of hydrogen-bond acceptors (Lipinski definition) is 0. The van der Waals surface area contributed by atoms with E-state index in [-0.39, 0.29) is 11.5 Å². The van der Waals surface area contributed by atoms with Gasteiger partial charge in [-0.1, -0.05) is 49.7 Å². The Bertz CT molecular complexity index is 729. The van der Waals surface area contributed by atoms with E-state index in [1.807, 2.05) is 19.1 Å². The minimum Gasteiger partial charge on any atom is -0.210 e. The predicted octanol–water partition coefficient (Wildman–Crippen LogP) is 7.12. The van der Waals surface area contributed by atoms with E-state index < -0.39 is 24.0 Å². The van der Waals surface area contributed by atoms with Crippen LogP contribution in [0.3, 0.4) is 0 Å². The zero-order valence-electron chi connectivity index (χ0n) is 15.0. The van der Waals surface area contributed by atoms with Crippen LogP contribution in [0.2, 0.25) is 0 Å². The van der Waals surface area contributed by atoms with Crippen molar-refractivity contribution in [2.75, 3.05) is 0 Å². The molecular weight excluding hydrogens is 340 g/mol. The molecule has 0 aromatic heterocycles. The molecule has 0 nitrogen and oxygen atoms in total. The molecule has 3 rings (SSSR count). The average Bonchev–Trinajstić information content (AvgIpc) is 2.66. The van der Waals surface area contributed by atoms with Gasteiger partial charge in [0.15, 0.2) is 11.6 Å². The molecular formula is C22H24F4. The van der Waals surface area contributed by atoms with Crippen LogP contribution in [0.4, 0.5) is 17.6 Å². The SMILES string of the molecule is CCCc1ccc(-c2ccc(C3CCC(C(F)F)CC3)cc2)c(F)c1F. The molecule has 0 aliphatic heterocycles. The summed E-state index contributed by atoms with van der Waals surface area (Å²) in [5.74, 6) is -1.78. The Kier molecular flexibility index (Phi) is 6.00. The maximum Gasteiger partial charge on any atom is 0.241 e. The third kappa shape index (κ3) is 3.94. The van der Waals surface area contributed by atoms with Crippen LogP contribution in [0.1, 0.15) is 56.1 Å². The molecule has 0 amide bonds. The summed E-state index contributed by atoms with van der Waals surface area (Å²) in [5, 5.41) is 0. The van der Waals surface area contributed by atoms with Crippen LogP contribution < -0.4 is 0 Å². The lowest BCUT2D eigenvalue weighted by atomic mass is 9.78. The van der Waals surface area contributed by atoms with Gasteiger partial charge in [-0.05, 0) is 54.7 Å². The Morgan fingerprint density at radius 2 is 1.54 bits per heavy atom. The lowest BCUT2D eigenvalue weighted by molar-refractivity contribution is 0.0528. The molecule has 0 unspecified atom stereocenters. The Balaban J connectivity index is 1.75. The van der Waals surface area contributed by atoms with Gasteiger partial charge in [0.2, 0.25) is 6.43 Å². The standard InChI is InChI=1S/C22H24F4/c1-2-3-17-12-13-19(21(24)20(17)23)16-8-4-14(5-9-16)15-6-10-18(11-7-15)22(25)26/h4-5,8-9,12-13,15,18,22H,2-3,6-7,10-11H2,1H3. The quantitative estimate of drug-likeness (QED) is 0.495. The molecule has 0 N–H and O–H groups in total. The molecule has 0 atom stereocenters. The second kappa shape index (κ2) is 8.24. The maximum atomic E-state index is 14.4. The molecule has 0 spiro atoms. The molecule has 26 heavy (non-hydrogen) atoms. The summed E-state index contributed by atoms with van der Waals surface area (Å²) >= 11 is 0. The van der Waals surface area contributed by atoms with Crippen molar-refractivity contribution in [3.05, 3.63) is 59.2 Å². The zero-order chi connectivity index (χ0) is 18.7. The Morgan fingerprint density at radius 1 is 0.885 bits per heavy atom. The van der Waals surface area contributed by atoms with Crippen LogP contribution in [-0.4, -0.2) is 6.43 Å². The highest BCUT2D eigenvalue weighted by molar-refractivity contribution is 5.65. The summed E-state index contributed by atoms with van der Waals surface area (Å²) in [4.78, 5) is 0. The predicted molar refractivity (Wildman–Crippen MR) is 96.5 cm³/mol. The smallest absolute Gasteiger partial charge is 0.210 e. The van der Waals surface area contributed by atoms with Gasteiger partial charge in [-0.25, -0.2) is 17.6 Å². The molecule has 0 radical (unpaired) electrons. The third-order valence-corrected chi connectivity index (χ3v) is 5.50. The molecule has 0 bridgehead atoms. The van der Waals surface area contributed by atoms with Gasteiger partial charge in [0.1, 0.15) is 0 Å². The molecule has 140 valence electrons. The summed E-state index contributed by atoms with van der Waals surface area (Å²) in [5.41, 5.74) is 2.39. The second-order valence-corrected chi connectivity index (χ2v) is 7.22. The van der Waals surface area contributed by atoms with E-state index in [0.717, 1.165) is 24.8 Å². The molecule has 1 saturated carbocycles. The Hall–Kier alpha value is -1.84. The first-order valence-corrected chi connectivity index (χ1v) is 9.36. The molecule has 2 aromatic carbocycles. The van der Waals surface area contributed by atoms with Gasteiger partial charge in [0.05, 0.1) is 0 Å². The topological polar surface area (TPSA) is 0 Å². The number of halogens is 4. The van der Waals surface area contributed by atoms with Gasteiger partial charge in [0, 0.05) is 11.5 Å². The van der Waals surface area contributed by atoms with E-state index in [4.69, 9.17) is 0 Å². The fraction of sp³-hybridized carbons (Fsp3) is 0.455. The van der Waals surface area contributed by atoms with E-state index in [0.29, 0.717) is 30.4 Å². The molecule has 2 aromatic rings. The summed E-state index contributed by atoms with van der Waals surface area (Å²) in [6.45, 7) is 1.93. The highest BCUT2D eigenvalue weighted by Crippen LogP contribution is 2.38. The van der Waals surface area contributed by atoms with Crippen LogP contribution in [0, 0.1) is 17.6 Å². The Morgan fingerprint density at radius 3 is 2.12 bits per heavy atom. The maximum absolute atomic E-state index is 14.4. The van der Waals surface area contributed by atoms with Crippen molar-refractivity contribution in [2.24, 2.45) is 5.92 Å². The monoisotopic (exact) mass is 364 g/mol. The highest BCUT2D eigenvalue weighted by Gasteiger charge is 2.28. The van der Waals surface area contributed by atoms with Gasteiger partial charge >= 0.3 is 0 Å². The lowest BCUT2D eigenvalue weighted by Gasteiger charge is -2.28. The van der Waals surface area contributed by atoms with Crippen molar-refractivity contribution in [3.63, 3.8) is 0 Å². The Labute approximate surface area is 152 Å². The first-order chi connectivity index (χ1) is 12.5. The number of aryl methyl sites for hydroxylation is 1. The van der Waals surface area contributed by atoms with Gasteiger partial charge < -0.3 is 0 Å². The van der Waals surface area contributed by atoms with E-state index in [1.54, 1.807) is 24.3 Å². The van der Waals surface area contributed by atoms with E-state index in [9.17, 15) is 17.6 Å². The second-order valence-electron chi connectivity index (χ2n) is 7.22. The summed E-state index contributed by atoms with van der Waals surface area (Å²) in [6.07, 6.45) is 1.64. The van der Waals surface area contributed by atoms with Gasteiger partial charge in [-0.15, -0.1) is 0 Å². The molecule has 4 heteroatoms. The fourth-order valence-electron chi connectivity index (χ4n) is 3.91. The van der Waals surface area contributed by atoms with Crippen molar-refractivity contribution in [1.82, 2.24) is 0 Å². The number of alkyl halides is 2. The van der Waals surface area contributed by atoms with Crippen LogP contribution >= 0.6 is 0 Å². The minimum atomic E-state index is -2.23. The van der Waals surface area contributed by atoms with Crippen LogP contribution in [0.15, 0.2) is 36.4 Å². The number of hydrogen-bond donors (Lipinski definition) is 0. The largest absolute Gasteiger partial charge is 0.241 e. The molecule has 0 saturated heterocycles. The van der Waals surface area contributed by atoms with Gasteiger partial charge in [0.25, 0.3) is 0 Å². The first-order valence-electron chi connectivity index (χ1n) is 9.36. The molecule has 1 fully saturated rings. The minimum absolute atomic E-state index is 0.260. The molecule has 1 aliphatic carbocycles. The van der Waals surface area contributed by atoms with Crippen LogP contribution in [0.5, 0.6) is 0 Å². The zero-order valence-corrected chi connectivity index (χ0v) is 15.0. The number of rotatable bonds is 5. The molecule has 0 heterocycles. The third-order valence-electron chi connectivity index (χ3n) is 5.50. The van der Waals surface area contributed by atoms with Gasteiger partial charge in [-0.3, -0.25) is 0 Å². The highest BCUT2D eigenvalue weighted by atomic mass is 19.3. The summed E-state index contributed by atoms with van der Waals surface area (Å²) in [7, 11) is 0. The average molecular weight is 364 g/mol. The molecule has 1 aliphatic rings. The van der Waals surface area contributed by atoms with Crippen molar-refractivity contribution in [1.29, 1.82) is 0 Å². The lowest BCUT2D eigenvalue weighted by Crippen LogP contribution is -2.19. The normalized spacial score (nSPS) is 20.5.